The van der Waals surface area contributed by atoms with Crippen LogP contribution in [0.5, 0.6) is 11.5 Å². The summed E-state index contributed by atoms with van der Waals surface area (Å²) in [6.45, 7) is 7.59. The van der Waals surface area contributed by atoms with Crippen molar-refractivity contribution >= 4 is 29.1 Å². The summed E-state index contributed by atoms with van der Waals surface area (Å²) in [6, 6.07) is 18.1. The van der Waals surface area contributed by atoms with Crippen LogP contribution in [0.2, 0.25) is 0 Å². The Morgan fingerprint density at radius 3 is 2.32 bits per heavy atom. The number of aliphatic hydroxyl groups is 1. The molecule has 41 heavy (non-hydrogen) atoms. The molecule has 10 heteroatoms. The van der Waals surface area contributed by atoms with Gasteiger partial charge in [-0.1, -0.05) is 12.1 Å². The number of imide groups is 1. The number of β-amino-alcohol motifs (C(OH)–C–C–N with tert-alkyl or cyclic N) is 1. The first kappa shape index (κ1) is 28.1. The SMILES string of the molecule is CC(C)Oc1ccccc1N1CCN(C[C@@H](O)CNC(=O)c2ccc3c(c2)C(=O)N(c2ccc(O)cc2)C3=O)CC1. The molecule has 214 valence electrons. The Labute approximate surface area is 238 Å². The second kappa shape index (κ2) is 12.0. The highest BCUT2D eigenvalue weighted by Crippen LogP contribution is 2.31. The van der Waals surface area contributed by atoms with Gasteiger partial charge in [0.25, 0.3) is 17.7 Å². The van der Waals surface area contributed by atoms with Gasteiger partial charge in [0.1, 0.15) is 11.5 Å². The molecular formula is C31H34N4O6. The highest BCUT2D eigenvalue weighted by Gasteiger charge is 2.37. The van der Waals surface area contributed by atoms with E-state index in [1.807, 2.05) is 32.0 Å². The van der Waals surface area contributed by atoms with Crippen LogP contribution in [0, 0.1) is 0 Å². The molecule has 1 saturated heterocycles. The quantitative estimate of drug-likeness (QED) is 0.343. The molecule has 0 radical (unpaired) electrons. The average Bonchev–Trinajstić information content (AvgIpc) is 3.21. The van der Waals surface area contributed by atoms with E-state index in [0.717, 1.165) is 42.5 Å². The lowest BCUT2D eigenvalue weighted by molar-refractivity contribution is 0.0851. The van der Waals surface area contributed by atoms with Crippen molar-refractivity contribution in [2.24, 2.45) is 0 Å². The van der Waals surface area contributed by atoms with Gasteiger partial charge < -0.3 is 25.2 Å². The molecule has 1 fully saturated rings. The third kappa shape index (κ3) is 6.18. The molecule has 1 atom stereocenters. The number of piperazine rings is 1. The van der Waals surface area contributed by atoms with E-state index in [1.165, 1.54) is 42.5 Å². The van der Waals surface area contributed by atoms with Crippen LogP contribution in [-0.4, -0.2) is 84.3 Å². The molecule has 0 aromatic heterocycles. The molecule has 2 heterocycles. The van der Waals surface area contributed by atoms with Crippen LogP contribution < -0.4 is 19.9 Å². The summed E-state index contributed by atoms with van der Waals surface area (Å²) in [6.07, 6.45) is -0.688. The van der Waals surface area contributed by atoms with Gasteiger partial charge in [0.05, 0.1) is 34.7 Å². The van der Waals surface area contributed by atoms with Gasteiger partial charge in [-0.25, -0.2) is 4.90 Å². The average molecular weight is 559 g/mol. The molecule has 5 rings (SSSR count). The highest BCUT2D eigenvalue weighted by atomic mass is 16.5. The smallest absolute Gasteiger partial charge is 0.266 e. The number of aromatic hydroxyl groups is 1. The third-order valence-electron chi connectivity index (χ3n) is 7.16. The maximum Gasteiger partial charge on any atom is 0.266 e. The van der Waals surface area contributed by atoms with Gasteiger partial charge in [-0.2, -0.15) is 0 Å². The van der Waals surface area contributed by atoms with E-state index in [0.29, 0.717) is 12.2 Å². The van der Waals surface area contributed by atoms with Crippen LogP contribution in [-0.2, 0) is 0 Å². The van der Waals surface area contributed by atoms with Gasteiger partial charge in [0, 0.05) is 44.8 Å². The fourth-order valence-corrected chi connectivity index (χ4v) is 5.14. The Balaban J connectivity index is 1.13. The van der Waals surface area contributed by atoms with Crippen molar-refractivity contribution in [3.63, 3.8) is 0 Å². The van der Waals surface area contributed by atoms with Gasteiger partial charge in [-0.15, -0.1) is 0 Å². The lowest BCUT2D eigenvalue weighted by atomic mass is 10.1. The van der Waals surface area contributed by atoms with E-state index in [4.69, 9.17) is 4.74 Å². The normalized spacial score (nSPS) is 16.2. The summed E-state index contributed by atoms with van der Waals surface area (Å²) in [5.41, 5.74) is 1.96. The number of amides is 3. The lowest BCUT2D eigenvalue weighted by Crippen LogP contribution is -2.50. The number of hydrogen-bond acceptors (Lipinski definition) is 8. The number of ether oxygens (including phenoxy) is 1. The summed E-state index contributed by atoms with van der Waals surface area (Å²) < 4.78 is 5.96. The first-order chi connectivity index (χ1) is 19.7. The van der Waals surface area contributed by atoms with Crippen LogP contribution in [0.1, 0.15) is 44.9 Å². The third-order valence-corrected chi connectivity index (χ3v) is 7.16. The monoisotopic (exact) mass is 558 g/mol. The fourth-order valence-electron chi connectivity index (χ4n) is 5.14. The molecule has 0 aliphatic carbocycles. The molecule has 3 N–H and O–H groups in total. The van der Waals surface area contributed by atoms with Crippen LogP contribution >= 0.6 is 0 Å². The van der Waals surface area contributed by atoms with Crippen molar-refractivity contribution in [3.05, 3.63) is 83.4 Å². The predicted octanol–water partition coefficient (Wildman–Crippen LogP) is 2.89. The number of carbonyl (C=O) groups is 3. The number of nitrogens with zero attached hydrogens (tertiary/aromatic N) is 3. The Bertz CT molecular complexity index is 1430. The number of carbonyl (C=O) groups excluding carboxylic acids is 3. The number of anilines is 2. The minimum atomic E-state index is -0.773. The number of hydrogen-bond donors (Lipinski definition) is 3. The number of rotatable bonds is 9. The standard InChI is InChI=1S/C31H34N4O6/c1-20(2)41-28-6-4-3-5-27(28)34-15-13-33(14-16-34)19-24(37)18-32-29(38)21-7-12-25-26(17-21)31(40)35(30(25)39)22-8-10-23(36)11-9-22/h3-12,17,20,24,36-37H,13-16,18-19H2,1-2H3,(H,32,38)/t24-/m0/s1. The fraction of sp³-hybridized carbons (Fsp3) is 0.323. The second-order valence-electron chi connectivity index (χ2n) is 10.5. The number of phenolic OH excluding ortho intramolecular Hbond substituents is 1. The molecule has 0 bridgehead atoms. The van der Waals surface area contributed by atoms with Gasteiger partial charge in [0.2, 0.25) is 0 Å². The summed E-state index contributed by atoms with van der Waals surface area (Å²) in [7, 11) is 0. The van der Waals surface area contributed by atoms with Gasteiger partial charge >= 0.3 is 0 Å². The Morgan fingerprint density at radius 2 is 1.61 bits per heavy atom. The molecule has 10 nitrogen and oxygen atoms in total. The summed E-state index contributed by atoms with van der Waals surface area (Å²) in [4.78, 5) is 44.1. The molecule has 3 aromatic rings. The Kier molecular flexibility index (Phi) is 8.23. The van der Waals surface area contributed by atoms with E-state index in [2.05, 4.69) is 21.2 Å². The van der Waals surface area contributed by atoms with Crippen molar-refractivity contribution in [1.82, 2.24) is 10.2 Å². The maximum absolute atomic E-state index is 13.0. The number of aliphatic hydroxyl groups excluding tert-OH is 1. The van der Waals surface area contributed by atoms with E-state index in [1.54, 1.807) is 0 Å². The summed E-state index contributed by atoms with van der Waals surface area (Å²) in [5, 5.41) is 22.9. The van der Waals surface area contributed by atoms with Crippen molar-refractivity contribution in [2.75, 3.05) is 49.1 Å². The van der Waals surface area contributed by atoms with Gasteiger partial charge in [0.15, 0.2) is 0 Å². The van der Waals surface area contributed by atoms with E-state index in [-0.39, 0.29) is 35.1 Å². The second-order valence-corrected chi connectivity index (χ2v) is 10.5. The van der Waals surface area contributed by atoms with E-state index < -0.39 is 23.8 Å². The van der Waals surface area contributed by atoms with E-state index >= 15 is 0 Å². The minimum Gasteiger partial charge on any atom is -0.508 e. The van der Waals surface area contributed by atoms with Gasteiger partial charge in [-0.05, 0) is 68.4 Å². The van der Waals surface area contributed by atoms with Crippen LogP contribution in [0.15, 0.2) is 66.7 Å². The Hall–Kier alpha value is -4.41. The van der Waals surface area contributed by atoms with Crippen molar-refractivity contribution < 1.29 is 29.3 Å². The lowest BCUT2D eigenvalue weighted by Gasteiger charge is -2.37. The molecular weight excluding hydrogens is 524 g/mol. The minimum absolute atomic E-state index is 0.0201. The molecule has 2 aliphatic rings. The molecule has 3 amide bonds. The first-order valence-electron chi connectivity index (χ1n) is 13.7. The number of nitrogens with one attached hydrogen (secondary N) is 1. The summed E-state index contributed by atoms with van der Waals surface area (Å²) in [5.74, 6) is -0.588. The van der Waals surface area contributed by atoms with Crippen LogP contribution in [0.3, 0.4) is 0 Å². The molecule has 3 aromatic carbocycles. The largest absolute Gasteiger partial charge is 0.508 e. The Morgan fingerprint density at radius 1 is 0.927 bits per heavy atom. The van der Waals surface area contributed by atoms with Crippen LogP contribution in [0.4, 0.5) is 11.4 Å². The number of phenols is 1. The number of benzene rings is 3. The van der Waals surface area contributed by atoms with Crippen molar-refractivity contribution in [1.29, 1.82) is 0 Å². The van der Waals surface area contributed by atoms with Crippen molar-refractivity contribution in [2.45, 2.75) is 26.1 Å². The van der Waals surface area contributed by atoms with E-state index in [9.17, 15) is 24.6 Å². The van der Waals surface area contributed by atoms with Gasteiger partial charge in [-0.3, -0.25) is 19.3 Å². The predicted molar refractivity (Wildman–Crippen MR) is 155 cm³/mol. The number of fused-ring (bicyclic) bond motifs is 1. The molecule has 2 aliphatic heterocycles. The summed E-state index contributed by atoms with van der Waals surface area (Å²) >= 11 is 0. The molecule has 0 saturated carbocycles. The zero-order chi connectivity index (χ0) is 29.1. The van der Waals surface area contributed by atoms with Crippen molar-refractivity contribution in [3.8, 4) is 11.5 Å². The molecule has 0 unspecified atom stereocenters. The maximum atomic E-state index is 13.0. The zero-order valence-electron chi connectivity index (χ0n) is 23.1. The zero-order valence-corrected chi connectivity index (χ0v) is 23.1. The van der Waals surface area contributed by atoms with Crippen LogP contribution in [0.25, 0.3) is 0 Å². The topological polar surface area (TPSA) is 123 Å². The number of para-hydroxylation sites is 2. The first-order valence-corrected chi connectivity index (χ1v) is 13.7. The molecule has 0 spiro atoms. The highest BCUT2D eigenvalue weighted by molar-refractivity contribution is 6.34.